The van der Waals surface area contributed by atoms with Crippen LogP contribution in [0.2, 0.25) is 0 Å². The van der Waals surface area contributed by atoms with E-state index in [0.29, 0.717) is 17.1 Å². The van der Waals surface area contributed by atoms with Crippen LogP contribution in [-0.2, 0) is 17.1 Å². The first-order chi connectivity index (χ1) is 10.00. The first kappa shape index (κ1) is 15.4. The van der Waals surface area contributed by atoms with Gasteiger partial charge in [-0.05, 0) is 47.5 Å². The quantitative estimate of drug-likeness (QED) is 0.790. The van der Waals surface area contributed by atoms with E-state index in [1.807, 2.05) is 0 Å². The van der Waals surface area contributed by atoms with Gasteiger partial charge < -0.3 is 0 Å². The molecule has 0 radical (unpaired) electrons. The summed E-state index contributed by atoms with van der Waals surface area (Å²) in [5, 5.41) is 7.79. The maximum absolute atomic E-state index is 13.0. The minimum absolute atomic E-state index is 0.165. The molecule has 2 saturated carbocycles. The van der Waals surface area contributed by atoms with Crippen molar-refractivity contribution in [1.29, 1.82) is 0 Å². The molecule has 21 heavy (non-hydrogen) atoms. The Balaban J connectivity index is 1.86. The van der Waals surface area contributed by atoms with Crippen molar-refractivity contribution in [2.24, 2.45) is 13.0 Å². The molecule has 3 rings (SSSR count). The lowest BCUT2D eigenvalue weighted by Gasteiger charge is -2.29. The Labute approximate surface area is 134 Å². The summed E-state index contributed by atoms with van der Waals surface area (Å²) in [4.78, 5) is 0. The molecular formula is C13H21BrN4O2S. The van der Waals surface area contributed by atoms with Crippen molar-refractivity contribution in [3.8, 4) is 0 Å². The predicted octanol–water partition coefficient (Wildman–Crippen LogP) is 2.31. The zero-order valence-electron chi connectivity index (χ0n) is 12.2. The summed E-state index contributed by atoms with van der Waals surface area (Å²) in [6.45, 7) is 0.643. The minimum atomic E-state index is -3.53. The number of aromatic nitrogens is 3. The fourth-order valence-electron chi connectivity index (χ4n) is 3.14. The maximum Gasteiger partial charge on any atom is 0.263 e. The van der Waals surface area contributed by atoms with Gasteiger partial charge in [-0.2, -0.15) is 4.31 Å². The summed E-state index contributed by atoms with van der Waals surface area (Å²) in [5.41, 5.74) is 0. The molecule has 0 amide bonds. The Kier molecular flexibility index (Phi) is 4.38. The Bertz CT molecular complexity index is 586. The van der Waals surface area contributed by atoms with E-state index in [2.05, 4.69) is 26.2 Å². The largest absolute Gasteiger partial charge is 0.263 e. The molecular weight excluding hydrogens is 356 g/mol. The van der Waals surface area contributed by atoms with Crippen molar-refractivity contribution >= 4 is 26.0 Å². The molecule has 0 aliphatic heterocycles. The lowest BCUT2D eigenvalue weighted by Crippen LogP contribution is -2.38. The van der Waals surface area contributed by atoms with Crippen molar-refractivity contribution in [1.82, 2.24) is 19.3 Å². The Morgan fingerprint density at radius 2 is 1.90 bits per heavy atom. The van der Waals surface area contributed by atoms with Crippen molar-refractivity contribution in [2.75, 3.05) is 6.54 Å². The Morgan fingerprint density at radius 3 is 2.43 bits per heavy atom. The second-order valence-electron chi connectivity index (χ2n) is 6.12. The van der Waals surface area contributed by atoms with Crippen molar-refractivity contribution in [2.45, 2.75) is 56.0 Å². The van der Waals surface area contributed by atoms with Crippen molar-refractivity contribution in [3.63, 3.8) is 0 Å². The van der Waals surface area contributed by atoms with Crippen molar-refractivity contribution < 1.29 is 8.42 Å². The monoisotopic (exact) mass is 376 g/mol. The molecule has 0 atom stereocenters. The van der Waals surface area contributed by atoms with Crippen LogP contribution >= 0.6 is 15.9 Å². The Morgan fingerprint density at radius 1 is 1.24 bits per heavy atom. The molecule has 2 aliphatic rings. The van der Waals surface area contributed by atoms with Gasteiger partial charge in [-0.1, -0.05) is 24.5 Å². The molecule has 2 aliphatic carbocycles. The van der Waals surface area contributed by atoms with E-state index in [-0.39, 0.29) is 11.1 Å². The van der Waals surface area contributed by atoms with Gasteiger partial charge in [-0.3, -0.25) is 0 Å². The van der Waals surface area contributed by atoms with E-state index < -0.39 is 10.0 Å². The number of nitrogens with zero attached hydrogens (tertiary/aromatic N) is 4. The number of hydrogen-bond acceptors (Lipinski definition) is 4. The third kappa shape index (κ3) is 3.17. The molecule has 1 aromatic heterocycles. The Hall–Kier alpha value is -0.470. The molecule has 2 fully saturated rings. The van der Waals surface area contributed by atoms with Crippen LogP contribution in [0.1, 0.15) is 44.9 Å². The van der Waals surface area contributed by atoms with E-state index >= 15 is 0 Å². The summed E-state index contributed by atoms with van der Waals surface area (Å²) in [6.07, 6.45) is 7.95. The van der Waals surface area contributed by atoms with Gasteiger partial charge in [0.05, 0.1) is 0 Å². The normalized spacial score (nSPS) is 21.1. The molecule has 118 valence electrons. The smallest absolute Gasteiger partial charge is 0.235 e. The lowest BCUT2D eigenvalue weighted by molar-refractivity contribution is 0.273. The van der Waals surface area contributed by atoms with Crippen LogP contribution in [0.3, 0.4) is 0 Å². The molecule has 0 bridgehead atoms. The molecule has 8 heteroatoms. The van der Waals surface area contributed by atoms with Gasteiger partial charge in [0, 0.05) is 19.6 Å². The van der Waals surface area contributed by atoms with Gasteiger partial charge in [-0.15, -0.1) is 5.10 Å². The summed E-state index contributed by atoms with van der Waals surface area (Å²) >= 11 is 3.22. The van der Waals surface area contributed by atoms with Gasteiger partial charge in [0.25, 0.3) is 10.0 Å². The van der Waals surface area contributed by atoms with Gasteiger partial charge in [-0.25, -0.2) is 13.1 Å². The fraction of sp³-hybridized carbons (Fsp3) is 0.846. The third-order valence-corrected chi connectivity index (χ3v) is 7.21. The van der Waals surface area contributed by atoms with E-state index in [0.717, 1.165) is 25.7 Å². The van der Waals surface area contributed by atoms with E-state index in [9.17, 15) is 8.42 Å². The number of halogens is 1. The average molecular weight is 377 g/mol. The van der Waals surface area contributed by atoms with Crippen LogP contribution in [0, 0.1) is 5.92 Å². The second-order valence-corrected chi connectivity index (χ2v) is 8.68. The fourth-order valence-corrected chi connectivity index (χ4v) is 5.94. The molecule has 0 unspecified atom stereocenters. The van der Waals surface area contributed by atoms with Gasteiger partial charge in [0.2, 0.25) is 5.03 Å². The molecule has 1 heterocycles. The van der Waals surface area contributed by atoms with E-state index in [4.69, 9.17) is 0 Å². The van der Waals surface area contributed by atoms with Crippen LogP contribution in [0.4, 0.5) is 0 Å². The molecule has 0 N–H and O–H groups in total. The van der Waals surface area contributed by atoms with Gasteiger partial charge in [0.1, 0.15) is 0 Å². The highest BCUT2D eigenvalue weighted by molar-refractivity contribution is 9.10. The van der Waals surface area contributed by atoms with Crippen molar-refractivity contribution in [3.05, 3.63) is 4.60 Å². The second kappa shape index (κ2) is 5.96. The molecule has 0 aromatic carbocycles. The van der Waals surface area contributed by atoms with Crippen LogP contribution < -0.4 is 0 Å². The highest BCUT2D eigenvalue weighted by Crippen LogP contribution is 2.36. The minimum Gasteiger partial charge on any atom is -0.235 e. The first-order valence-electron chi connectivity index (χ1n) is 7.57. The summed E-state index contributed by atoms with van der Waals surface area (Å²) in [5.74, 6) is 0.495. The molecule has 0 spiro atoms. The van der Waals surface area contributed by atoms with Crippen LogP contribution in [-0.4, -0.2) is 40.3 Å². The first-order valence-corrected chi connectivity index (χ1v) is 9.80. The highest BCUT2D eigenvalue weighted by atomic mass is 79.9. The number of sulfonamides is 1. The van der Waals surface area contributed by atoms with Gasteiger partial charge in [0.15, 0.2) is 4.60 Å². The van der Waals surface area contributed by atoms with Crippen LogP contribution in [0.25, 0.3) is 0 Å². The summed E-state index contributed by atoms with van der Waals surface area (Å²) in [7, 11) is -1.91. The van der Waals surface area contributed by atoms with Gasteiger partial charge >= 0.3 is 0 Å². The molecule has 0 saturated heterocycles. The van der Waals surface area contributed by atoms with E-state index in [1.165, 1.54) is 23.9 Å². The number of aryl methyl sites for hydroxylation is 1. The SMILES string of the molecule is Cn1nnc(Br)c1S(=O)(=O)N(CC1CCCCC1)C1CC1. The number of hydrogen-bond donors (Lipinski definition) is 0. The predicted molar refractivity (Wildman–Crippen MR) is 82.2 cm³/mol. The summed E-state index contributed by atoms with van der Waals surface area (Å²) in [6, 6.07) is 0.165. The third-order valence-electron chi connectivity index (χ3n) is 4.41. The standard InChI is InChI=1S/C13H21BrN4O2S/c1-17-13(12(14)15-16-17)21(19,20)18(11-7-8-11)9-10-5-3-2-4-6-10/h10-11H,2-9H2,1H3. The van der Waals surface area contributed by atoms with E-state index in [1.54, 1.807) is 11.4 Å². The maximum atomic E-state index is 13.0. The van der Waals surface area contributed by atoms with Crippen LogP contribution in [0.5, 0.6) is 0 Å². The van der Waals surface area contributed by atoms with Crippen LogP contribution in [0.15, 0.2) is 9.63 Å². The number of rotatable bonds is 5. The molecule has 1 aromatic rings. The lowest BCUT2D eigenvalue weighted by atomic mass is 9.89. The zero-order chi connectivity index (χ0) is 15.0. The average Bonchev–Trinajstić information content (AvgIpc) is 3.22. The summed E-state index contributed by atoms with van der Waals surface area (Å²) < 4.78 is 29.3. The zero-order valence-corrected chi connectivity index (χ0v) is 14.6. The topological polar surface area (TPSA) is 68.1 Å². The molecule has 6 nitrogen and oxygen atoms in total. The highest BCUT2D eigenvalue weighted by Gasteiger charge is 2.41.